The van der Waals surface area contributed by atoms with Gasteiger partial charge in [0.25, 0.3) is 0 Å². The lowest BCUT2D eigenvalue weighted by Gasteiger charge is -2.08. The number of benzene rings is 2. The number of hydrogen-bond acceptors (Lipinski definition) is 4. The van der Waals surface area contributed by atoms with Crippen molar-refractivity contribution in [1.29, 1.82) is 0 Å². The van der Waals surface area contributed by atoms with Crippen molar-refractivity contribution < 1.29 is 9.53 Å². The van der Waals surface area contributed by atoms with Crippen LogP contribution in [0, 0.1) is 0 Å². The summed E-state index contributed by atoms with van der Waals surface area (Å²) in [6, 6.07) is 14.5. The Labute approximate surface area is 145 Å². The van der Waals surface area contributed by atoms with Gasteiger partial charge in [-0.25, -0.2) is 9.78 Å². The highest BCUT2D eigenvalue weighted by atomic mass is 16.5. The van der Waals surface area contributed by atoms with Crippen molar-refractivity contribution in [2.75, 3.05) is 17.7 Å². The number of aromatic nitrogens is 3. The van der Waals surface area contributed by atoms with Gasteiger partial charge in [-0.05, 0) is 42.0 Å². The van der Waals surface area contributed by atoms with Gasteiger partial charge in [0.1, 0.15) is 6.33 Å². The second kappa shape index (κ2) is 7.59. The first-order chi connectivity index (χ1) is 12.1. The number of hydrogen-bond donors (Lipinski definition) is 2. The molecule has 0 saturated heterocycles. The highest BCUT2D eigenvalue weighted by molar-refractivity contribution is 5.99. The summed E-state index contributed by atoms with van der Waals surface area (Å²) in [7, 11) is 3.47. The summed E-state index contributed by atoms with van der Waals surface area (Å²) in [6.45, 7) is 0.546. The quantitative estimate of drug-likeness (QED) is 0.749. The molecule has 0 saturated carbocycles. The van der Waals surface area contributed by atoms with Gasteiger partial charge < -0.3 is 15.4 Å². The van der Waals surface area contributed by atoms with Gasteiger partial charge >= 0.3 is 6.03 Å². The molecule has 0 bridgehead atoms. The molecule has 0 unspecified atom stereocenters. The molecule has 3 aromatic rings. The maximum atomic E-state index is 12.1. The minimum absolute atomic E-state index is 0.303. The fraction of sp³-hybridized carbons (Fsp3) is 0.167. The van der Waals surface area contributed by atoms with Crippen LogP contribution in [-0.4, -0.2) is 27.9 Å². The van der Waals surface area contributed by atoms with Crippen LogP contribution in [-0.2, 0) is 18.4 Å². The molecule has 2 aromatic carbocycles. The molecular weight excluding hydrogens is 318 g/mol. The van der Waals surface area contributed by atoms with Crippen LogP contribution in [0.1, 0.15) is 5.56 Å². The van der Waals surface area contributed by atoms with E-state index in [1.165, 1.54) is 0 Å². The van der Waals surface area contributed by atoms with Gasteiger partial charge in [0.15, 0.2) is 5.82 Å². The lowest BCUT2D eigenvalue weighted by molar-refractivity contribution is 0.185. The van der Waals surface area contributed by atoms with Gasteiger partial charge in [-0.3, -0.25) is 4.68 Å². The first kappa shape index (κ1) is 16.7. The van der Waals surface area contributed by atoms with E-state index < -0.39 is 0 Å². The molecule has 1 heterocycles. The van der Waals surface area contributed by atoms with E-state index in [1.54, 1.807) is 18.1 Å². The van der Waals surface area contributed by atoms with E-state index in [0.29, 0.717) is 23.8 Å². The molecule has 1 aromatic heterocycles. The molecule has 0 aliphatic heterocycles. The van der Waals surface area contributed by atoms with Gasteiger partial charge in [-0.1, -0.05) is 12.1 Å². The normalized spacial score (nSPS) is 10.5. The molecule has 7 nitrogen and oxygen atoms in total. The summed E-state index contributed by atoms with van der Waals surface area (Å²) in [5.41, 5.74) is 3.34. The summed E-state index contributed by atoms with van der Waals surface area (Å²) in [5, 5.41) is 9.83. The number of amides is 2. The van der Waals surface area contributed by atoms with E-state index in [0.717, 1.165) is 11.1 Å². The average molecular weight is 337 g/mol. The Bertz CT molecular complexity index is 841. The molecule has 0 spiro atoms. The number of urea groups is 1. The summed E-state index contributed by atoms with van der Waals surface area (Å²) in [4.78, 5) is 16.3. The molecule has 0 radical (unpaired) electrons. The lowest BCUT2D eigenvalue weighted by atomic mass is 10.2. The van der Waals surface area contributed by atoms with Crippen molar-refractivity contribution in [2.45, 2.75) is 6.61 Å². The van der Waals surface area contributed by atoms with Crippen molar-refractivity contribution in [1.82, 2.24) is 14.8 Å². The Hall–Kier alpha value is -3.19. The molecule has 2 amide bonds. The lowest BCUT2D eigenvalue weighted by Crippen LogP contribution is -2.19. The Kier molecular flexibility index (Phi) is 5.06. The Morgan fingerprint density at radius 1 is 1.04 bits per heavy atom. The smallest absolute Gasteiger partial charge is 0.323 e. The number of nitrogens with zero attached hydrogens (tertiary/aromatic N) is 3. The Morgan fingerprint density at radius 2 is 1.64 bits per heavy atom. The highest BCUT2D eigenvalue weighted by Crippen LogP contribution is 2.18. The standard InChI is InChI=1S/C18H19N5O2/c1-23-12-19-17(22-23)14-5-9-16(10-6-14)21-18(24)20-15-7-3-13(4-8-15)11-25-2/h3-10,12H,11H2,1-2H3,(H2,20,21,24). The van der Waals surface area contributed by atoms with Gasteiger partial charge in [-0.15, -0.1) is 0 Å². The zero-order valence-corrected chi connectivity index (χ0v) is 14.1. The largest absolute Gasteiger partial charge is 0.380 e. The SMILES string of the molecule is COCc1ccc(NC(=O)Nc2ccc(-c3ncn(C)n3)cc2)cc1. The molecule has 25 heavy (non-hydrogen) atoms. The molecule has 0 fully saturated rings. The van der Waals surface area contributed by atoms with Gasteiger partial charge in [0.2, 0.25) is 0 Å². The van der Waals surface area contributed by atoms with E-state index in [-0.39, 0.29) is 6.03 Å². The van der Waals surface area contributed by atoms with E-state index >= 15 is 0 Å². The molecule has 3 rings (SSSR count). The molecule has 128 valence electrons. The van der Waals surface area contributed by atoms with Gasteiger partial charge in [-0.2, -0.15) is 5.10 Å². The second-order valence-corrected chi connectivity index (χ2v) is 5.53. The van der Waals surface area contributed by atoms with Crippen LogP contribution < -0.4 is 10.6 Å². The predicted molar refractivity (Wildman–Crippen MR) is 96.2 cm³/mol. The van der Waals surface area contributed by atoms with Crippen molar-refractivity contribution in [2.24, 2.45) is 7.05 Å². The molecule has 2 N–H and O–H groups in total. The van der Waals surface area contributed by atoms with Crippen molar-refractivity contribution in [3.8, 4) is 11.4 Å². The summed E-state index contributed by atoms with van der Waals surface area (Å²) in [6.07, 6.45) is 1.65. The number of anilines is 2. The highest BCUT2D eigenvalue weighted by Gasteiger charge is 2.05. The maximum Gasteiger partial charge on any atom is 0.323 e. The molecule has 0 atom stereocenters. The number of nitrogens with one attached hydrogen (secondary N) is 2. The fourth-order valence-corrected chi connectivity index (χ4v) is 2.32. The average Bonchev–Trinajstić information content (AvgIpc) is 3.04. The van der Waals surface area contributed by atoms with Gasteiger partial charge in [0.05, 0.1) is 6.61 Å². The minimum atomic E-state index is -0.303. The Balaban J connectivity index is 1.59. The minimum Gasteiger partial charge on any atom is -0.380 e. The van der Waals surface area contributed by atoms with Crippen LogP contribution in [0.15, 0.2) is 54.9 Å². The van der Waals surface area contributed by atoms with E-state index in [1.807, 2.05) is 55.6 Å². The predicted octanol–water partition coefficient (Wildman–Crippen LogP) is 3.27. The molecular formula is C18H19N5O2. The topological polar surface area (TPSA) is 81.1 Å². The number of aryl methyl sites for hydroxylation is 1. The third kappa shape index (κ3) is 4.42. The van der Waals surface area contributed by atoms with Gasteiger partial charge in [0, 0.05) is 31.1 Å². The van der Waals surface area contributed by atoms with Crippen LogP contribution in [0.25, 0.3) is 11.4 Å². The first-order valence-electron chi connectivity index (χ1n) is 7.76. The van der Waals surface area contributed by atoms with Crippen LogP contribution in [0.4, 0.5) is 16.2 Å². The number of ether oxygens (including phenoxy) is 1. The third-order valence-electron chi connectivity index (χ3n) is 3.52. The van der Waals surface area contributed by atoms with E-state index in [2.05, 4.69) is 20.7 Å². The fourth-order valence-electron chi connectivity index (χ4n) is 2.32. The van der Waals surface area contributed by atoms with E-state index in [9.17, 15) is 4.79 Å². The van der Waals surface area contributed by atoms with Crippen LogP contribution in [0.5, 0.6) is 0 Å². The molecule has 0 aliphatic rings. The second-order valence-electron chi connectivity index (χ2n) is 5.53. The van der Waals surface area contributed by atoms with Crippen molar-refractivity contribution in [3.05, 3.63) is 60.4 Å². The number of carbonyl (C=O) groups excluding carboxylic acids is 1. The van der Waals surface area contributed by atoms with E-state index in [4.69, 9.17) is 4.74 Å². The monoisotopic (exact) mass is 337 g/mol. The zero-order chi connectivity index (χ0) is 17.6. The molecule has 7 heteroatoms. The van der Waals surface area contributed by atoms with Crippen molar-refractivity contribution >= 4 is 17.4 Å². The first-order valence-corrected chi connectivity index (χ1v) is 7.76. The van der Waals surface area contributed by atoms with Crippen LogP contribution >= 0.6 is 0 Å². The summed E-state index contributed by atoms with van der Waals surface area (Å²) < 4.78 is 6.71. The van der Waals surface area contributed by atoms with Crippen LogP contribution in [0.2, 0.25) is 0 Å². The molecule has 0 aliphatic carbocycles. The van der Waals surface area contributed by atoms with Crippen LogP contribution in [0.3, 0.4) is 0 Å². The number of carbonyl (C=O) groups is 1. The summed E-state index contributed by atoms with van der Waals surface area (Å²) >= 11 is 0. The maximum absolute atomic E-state index is 12.1. The Morgan fingerprint density at radius 3 is 2.16 bits per heavy atom. The number of rotatable bonds is 5. The number of methoxy groups -OCH3 is 1. The summed E-state index contributed by atoms with van der Waals surface area (Å²) in [5.74, 6) is 0.648. The zero-order valence-electron chi connectivity index (χ0n) is 14.1. The third-order valence-corrected chi connectivity index (χ3v) is 3.52. The van der Waals surface area contributed by atoms with Crippen molar-refractivity contribution in [3.63, 3.8) is 0 Å².